The molecule has 0 saturated heterocycles. The van der Waals surface area contributed by atoms with E-state index in [2.05, 4.69) is 28.8 Å². The van der Waals surface area contributed by atoms with Crippen LogP contribution in [0.1, 0.15) is 0 Å². The lowest BCUT2D eigenvalue weighted by molar-refractivity contribution is 0.596. The van der Waals surface area contributed by atoms with Crippen LogP contribution in [0.5, 0.6) is 0 Å². The summed E-state index contributed by atoms with van der Waals surface area (Å²) in [4.78, 5) is 0.590. The van der Waals surface area contributed by atoms with Crippen molar-refractivity contribution >= 4 is 31.6 Å². The molecule has 0 N–H and O–H groups in total. The van der Waals surface area contributed by atoms with Crippen molar-refractivity contribution in [2.24, 2.45) is 0 Å². The zero-order valence-electron chi connectivity index (χ0n) is 15.0. The van der Waals surface area contributed by atoms with Crippen molar-refractivity contribution in [2.75, 3.05) is 0 Å². The van der Waals surface area contributed by atoms with Gasteiger partial charge in [-0.1, -0.05) is 60.7 Å². The first-order valence-corrected chi connectivity index (χ1v) is 10.5. The number of hydrogen-bond donors (Lipinski definition) is 0. The van der Waals surface area contributed by atoms with E-state index in [1.165, 1.54) is 0 Å². The molecule has 4 heteroatoms. The molecule has 0 amide bonds. The highest BCUT2D eigenvalue weighted by atomic mass is 32.2. The summed E-state index contributed by atoms with van der Waals surface area (Å²) in [6.07, 6.45) is 0. The molecular weight excluding hydrogens is 366 g/mol. The molecule has 136 valence electrons. The lowest BCUT2D eigenvalue weighted by Crippen LogP contribution is -2.03. The fourth-order valence-corrected chi connectivity index (χ4v) is 5.05. The largest absolute Gasteiger partial charge is 0.309 e. The number of benzene rings is 4. The van der Waals surface area contributed by atoms with Crippen molar-refractivity contribution in [3.05, 3.63) is 103 Å². The zero-order chi connectivity index (χ0) is 19.1. The number of fused-ring (bicyclic) bond motifs is 3. The van der Waals surface area contributed by atoms with E-state index >= 15 is 0 Å². The Morgan fingerprint density at radius 3 is 1.71 bits per heavy atom. The van der Waals surface area contributed by atoms with E-state index in [9.17, 15) is 8.42 Å². The van der Waals surface area contributed by atoms with Gasteiger partial charge in [-0.2, -0.15) is 0 Å². The molecule has 28 heavy (non-hydrogen) atoms. The van der Waals surface area contributed by atoms with Crippen molar-refractivity contribution in [3.8, 4) is 5.69 Å². The lowest BCUT2D eigenvalue weighted by Gasteiger charge is -2.10. The van der Waals surface area contributed by atoms with Crippen LogP contribution in [0.25, 0.3) is 27.5 Å². The summed E-state index contributed by atoms with van der Waals surface area (Å²) in [5.41, 5.74) is 2.94. The summed E-state index contributed by atoms with van der Waals surface area (Å²) >= 11 is 0. The number of aromatic nitrogens is 1. The average molecular weight is 383 g/mol. The first-order chi connectivity index (χ1) is 13.7. The molecule has 1 aromatic heterocycles. The summed E-state index contributed by atoms with van der Waals surface area (Å²) in [6.45, 7) is 0. The van der Waals surface area contributed by atoms with Crippen molar-refractivity contribution in [3.63, 3.8) is 0 Å². The summed E-state index contributed by atoms with van der Waals surface area (Å²) in [7, 11) is -3.57. The molecule has 0 fully saturated rings. The molecule has 3 nitrogen and oxygen atoms in total. The number of nitrogens with zero attached hydrogens (tertiary/aromatic N) is 1. The molecule has 0 aliphatic carbocycles. The smallest absolute Gasteiger partial charge is 0.206 e. The van der Waals surface area contributed by atoms with Gasteiger partial charge >= 0.3 is 0 Å². The lowest BCUT2D eigenvalue weighted by atomic mass is 10.2. The van der Waals surface area contributed by atoms with E-state index in [-0.39, 0.29) is 4.90 Å². The second kappa shape index (κ2) is 6.36. The molecule has 1 heterocycles. The van der Waals surface area contributed by atoms with Crippen LogP contribution in [-0.4, -0.2) is 13.0 Å². The SMILES string of the molecule is O=S(=O)(c1ccccc1)c1cccc(-n2c3ccccc3c3ccccc32)c1. The van der Waals surface area contributed by atoms with Crippen molar-refractivity contribution in [1.82, 2.24) is 4.57 Å². The van der Waals surface area contributed by atoms with Crippen LogP contribution in [0.3, 0.4) is 0 Å². The predicted octanol–water partition coefficient (Wildman–Crippen LogP) is 5.62. The molecule has 0 radical (unpaired) electrons. The molecule has 5 rings (SSSR count). The number of sulfone groups is 1. The van der Waals surface area contributed by atoms with Gasteiger partial charge in [0.1, 0.15) is 0 Å². The molecule has 0 saturated carbocycles. The van der Waals surface area contributed by atoms with Crippen molar-refractivity contribution in [1.29, 1.82) is 0 Å². The highest BCUT2D eigenvalue weighted by Crippen LogP contribution is 2.32. The maximum atomic E-state index is 13.1. The molecule has 0 aliphatic rings. The first kappa shape index (κ1) is 16.8. The van der Waals surface area contributed by atoms with Crippen LogP contribution in [0.4, 0.5) is 0 Å². The number of rotatable bonds is 3. The summed E-state index contributed by atoms with van der Waals surface area (Å²) in [5, 5.41) is 2.30. The van der Waals surface area contributed by atoms with Gasteiger partial charge in [0.15, 0.2) is 0 Å². The van der Waals surface area contributed by atoms with Gasteiger partial charge in [0.25, 0.3) is 0 Å². The summed E-state index contributed by atoms with van der Waals surface area (Å²) < 4.78 is 28.3. The highest BCUT2D eigenvalue weighted by Gasteiger charge is 2.19. The third-order valence-corrected chi connectivity index (χ3v) is 6.79. The third kappa shape index (κ3) is 2.53. The van der Waals surface area contributed by atoms with Crippen molar-refractivity contribution < 1.29 is 8.42 Å². The summed E-state index contributed by atoms with van der Waals surface area (Å²) in [6, 6.07) is 32.1. The molecular formula is C24H17NO2S. The average Bonchev–Trinajstić information content (AvgIpc) is 3.09. The van der Waals surface area contributed by atoms with E-state index in [0.29, 0.717) is 4.90 Å². The molecule has 0 bridgehead atoms. The van der Waals surface area contributed by atoms with Gasteiger partial charge in [-0.3, -0.25) is 0 Å². The van der Waals surface area contributed by atoms with Crippen molar-refractivity contribution in [2.45, 2.75) is 9.79 Å². The van der Waals surface area contributed by atoms with Gasteiger partial charge < -0.3 is 4.57 Å². The van der Waals surface area contributed by atoms with Crippen LogP contribution >= 0.6 is 0 Å². The Bertz CT molecular complexity index is 1360. The van der Waals surface area contributed by atoms with Crippen LogP contribution in [0.2, 0.25) is 0 Å². The second-order valence-corrected chi connectivity index (χ2v) is 8.63. The standard InChI is InChI=1S/C24H17NO2S/c26-28(27,19-10-2-1-3-11-19)20-12-8-9-18(17-20)25-23-15-6-4-13-21(23)22-14-5-7-16-24(22)25/h1-17H. The topological polar surface area (TPSA) is 39.1 Å². The van der Waals surface area contributed by atoms with Gasteiger partial charge in [0, 0.05) is 16.5 Å². The predicted molar refractivity (Wildman–Crippen MR) is 113 cm³/mol. The van der Waals surface area contributed by atoms with Gasteiger partial charge in [-0.15, -0.1) is 0 Å². The minimum absolute atomic E-state index is 0.290. The molecule has 0 atom stereocenters. The Hall–Kier alpha value is -3.37. The van der Waals surface area contributed by atoms with E-state index < -0.39 is 9.84 Å². The van der Waals surface area contributed by atoms with E-state index in [4.69, 9.17) is 0 Å². The van der Waals surface area contributed by atoms with E-state index in [0.717, 1.165) is 27.5 Å². The fraction of sp³-hybridized carbons (Fsp3) is 0. The second-order valence-electron chi connectivity index (χ2n) is 6.68. The molecule has 0 unspecified atom stereocenters. The quantitative estimate of drug-likeness (QED) is 0.406. The minimum Gasteiger partial charge on any atom is -0.309 e. The Morgan fingerprint density at radius 1 is 0.536 bits per heavy atom. The Labute approximate surface area is 163 Å². The fourth-order valence-electron chi connectivity index (χ4n) is 3.73. The number of para-hydroxylation sites is 2. The Balaban J connectivity index is 1.77. The van der Waals surface area contributed by atoms with Crippen LogP contribution in [0.15, 0.2) is 113 Å². The van der Waals surface area contributed by atoms with Gasteiger partial charge in [-0.25, -0.2) is 8.42 Å². The third-order valence-electron chi connectivity index (χ3n) is 5.02. The number of hydrogen-bond acceptors (Lipinski definition) is 2. The molecule has 4 aromatic carbocycles. The highest BCUT2D eigenvalue weighted by molar-refractivity contribution is 7.91. The first-order valence-electron chi connectivity index (χ1n) is 9.05. The Morgan fingerprint density at radius 2 is 1.07 bits per heavy atom. The van der Waals surface area contributed by atoms with Gasteiger partial charge in [-0.05, 0) is 42.5 Å². The minimum atomic E-state index is -3.57. The summed E-state index contributed by atoms with van der Waals surface area (Å²) in [5.74, 6) is 0. The monoisotopic (exact) mass is 383 g/mol. The van der Waals surface area contributed by atoms with E-state index in [1.54, 1.807) is 42.5 Å². The van der Waals surface area contributed by atoms with Gasteiger partial charge in [0.2, 0.25) is 9.84 Å². The maximum absolute atomic E-state index is 13.1. The Kier molecular flexibility index (Phi) is 3.81. The van der Waals surface area contributed by atoms with E-state index in [1.807, 2.05) is 36.4 Å². The normalized spacial score (nSPS) is 11.9. The van der Waals surface area contributed by atoms with Gasteiger partial charge in [0.05, 0.1) is 20.8 Å². The molecule has 5 aromatic rings. The van der Waals surface area contributed by atoms with Crippen LogP contribution in [-0.2, 0) is 9.84 Å². The molecule has 0 spiro atoms. The van der Waals surface area contributed by atoms with Crippen LogP contribution in [0, 0.1) is 0 Å². The molecule has 0 aliphatic heterocycles. The van der Waals surface area contributed by atoms with Crippen LogP contribution < -0.4 is 0 Å². The zero-order valence-corrected chi connectivity index (χ0v) is 15.8. The maximum Gasteiger partial charge on any atom is 0.206 e.